The Balaban J connectivity index is 1.97. The third-order valence-corrected chi connectivity index (χ3v) is 14.6. The number of hydrogen-bond acceptors (Lipinski definition) is 4. The van der Waals surface area contributed by atoms with Gasteiger partial charge in [-0.3, -0.25) is 4.57 Å². The standard InChI is InChI=1S/C33H39ClN2O3Si/c1-21(2)40(22(3)4,23(5)6)15-14-33-35-30-18-24(25-16-27(37-7)20-28(17-25)38-8)10-12-31(30)36(33)26-11-13-32(39-9)29(34)19-26/h10-13,16-23H,1-9H3. The number of nitrogens with zero attached hydrogens (tertiary/aromatic N) is 2. The highest BCUT2D eigenvalue weighted by Gasteiger charge is 2.41. The van der Waals surface area contributed by atoms with Crippen LogP contribution in [0.1, 0.15) is 47.4 Å². The summed E-state index contributed by atoms with van der Waals surface area (Å²) >= 11 is 6.58. The lowest BCUT2D eigenvalue weighted by Crippen LogP contribution is -2.43. The van der Waals surface area contributed by atoms with E-state index in [0.717, 1.165) is 39.3 Å². The molecule has 4 aromatic rings. The third kappa shape index (κ3) is 5.46. The second-order valence-corrected chi connectivity index (χ2v) is 17.0. The summed E-state index contributed by atoms with van der Waals surface area (Å²) in [6.07, 6.45) is 0. The van der Waals surface area contributed by atoms with Gasteiger partial charge in [-0.15, -0.1) is 5.54 Å². The Hall–Kier alpha value is -3.40. The van der Waals surface area contributed by atoms with Crippen molar-refractivity contribution < 1.29 is 14.2 Å². The molecule has 0 unspecified atom stereocenters. The lowest BCUT2D eigenvalue weighted by Gasteiger charge is -2.38. The van der Waals surface area contributed by atoms with Crippen LogP contribution < -0.4 is 14.2 Å². The first-order valence-corrected chi connectivity index (χ1v) is 16.3. The highest BCUT2D eigenvalue weighted by Crippen LogP contribution is 2.41. The van der Waals surface area contributed by atoms with Crippen molar-refractivity contribution in [1.82, 2.24) is 9.55 Å². The summed E-state index contributed by atoms with van der Waals surface area (Å²) in [5.74, 6) is 6.38. The van der Waals surface area contributed by atoms with Crippen molar-refractivity contribution in [3.8, 4) is 45.5 Å². The zero-order valence-electron chi connectivity index (χ0n) is 24.9. The number of rotatable bonds is 8. The molecule has 0 bridgehead atoms. The van der Waals surface area contributed by atoms with Crippen molar-refractivity contribution in [3.05, 3.63) is 65.4 Å². The molecule has 1 heterocycles. The van der Waals surface area contributed by atoms with Crippen molar-refractivity contribution in [2.24, 2.45) is 0 Å². The van der Waals surface area contributed by atoms with Gasteiger partial charge in [-0.2, -0.15) is 0 Å². The topological polar surface area (TPSA) is 45.5 Å². The van der Waals surface area contributed by atoms with Crippen LogP contribution in [0.3, 0.4) is 0 Å². The van der Waals surface area contributed by atoms with Crippen LogP contribution in [-0.2, 0) is 0 Å². The second kappa shape index (κ2) is 12.0. The Morgan fingerprint density at radius 3 is 1.90 bits per heavy atom. The number of benzene rings is 3. The van der Waals surface area contributed by atoms with E-state index in [0.29, 0.717) is 33.2 Å². The van der Waals surface area contributed by atoms with Gasteiger partial charge in [0, 0.05) is 6.07 Å². The van der Waals surface area contributed by atoms with Gasteiger partial charge < -0.3 is 14.2 Å². The number of ether oxygens (including phenoxy) is 3. The van der Waals surface area contributed by atoms with Gasteiger partial charge in [-0.05, 0) is 76.1 Å². The Bertz CT molecular complexity index is 1540. The fourth-order valence-electron chi connectivity index (χ4n) is 5.97. The Morgan fingerprint density at radius 1 is 0.750 bits per heavy atom. The van der Waals surface area contributed by atoms with Gasteiger partial charge in [0.05, 0.1) is 43.1 Å². The summed E-state index contributed by atoms with van der Waals surface area (Å²) in [6, 6.07) is 17.9. The lowest BCUT2D eigenvalue weighted by atomic mass is 10.0. The maximum absolute atomic E-state index is 6.58. The Kier molecular flexibility index (Phi) is 8.87. The van der Waals surface area contributed by atoms with Gasteiger partial charge in [0.25, 0.3) is 0 Å². The van der Waals surface area contributed by atoms with E-state index in [2.05, 4.69) is 75.8 Å². The smallest absolute Gasteiger partial charge is 0.190 e. The summed E-state index contributed by atoms with van der Waals surface area (Å²) in [5.41, 5.74) is 10.1. The average molecular weight is 575 g/mol. The minimum Gasteiger partial charge on any atom is -0.497 e. The van der Waals surface area contributed by atoms with Gasteiger partial charge in [-0.1, -0.05) is 59.2 Å². The minimum atomic E-state index is -1.98. The number of aromatic nitrogens is 2. The molecule has 5 nitrogen and oxygen atoms in total. The van der Waals surface area contributed by atoms with Crippen molar-refractivity contribution in [3.63, 3.8) is 0 Å². The summed E-state index contributed by atoms with van der Waals surface area (Å²) in [7, 11) is 2.95. The SMILES string of the molecule is COc1cc(OC)cc(-c2ccc3c(c2)nc(C#C[Si](C(C)C)(C(C)C)C(C)C)n3-c2ccc(OC)c(Cl)c2)c1. The molecule has 0 radical (unpaired) electrons. The molecule has 0 N–H and O–H groups in total. The molecule has 0 aliphatic heterocycles. The summed E-state index contributed by atoms with van der Waals surface area (Å²) < 4.78 is 18.5. The largest absolute Gasteiger partial charge is 0.497 e. The maximum Gasteiger partial charge on any atom is 0.190 e. The molecule has 0 saturated carbocycles. The van der Waals surface area contributed by atoms with E-state index in [9.17, 15) is 0 Å². The van der Waals surface area contributed by atoms with Crippen LogP contribution in [0.2, 0.25) is 21.6 Å². The normalized spacial score (nSPS) is 11.7. The van der Waals surface area contributed by atoms with Gasteiger partial charge in [0.15, 0.2) is 5.82 Å². The molecule has 0 atom stereocenters. The van der Waals surface area contributed by atoms with Gasteiger partial charge in [-0.25, -0.2) is 4.98 Å². The maximum atomic E-state index is 6.58. The Labute approximate surface area is 244 Å². The van der Waals surface area contributed by atoms with E-state index in [1.165, 1.54) is 0 Å². The molecule has 0 aliphatic carbocycles. The zero-order chi connectivity index (χ0) is 29.2. The molecule has 3 aromatic carbocycles. The minimum absolute atomic E-state index is 0.517. The number of methoxy groups -OCH3 is 3. The second-order valence-electron chi connectivity index (χ2n) is 11.0. The summed E-state index contributed by atoms with van der Waals surface area (Å²) in [6.45, 7) is 13.9. The monoisotopic (exact) mass is 574 g/mol. The zero-order valence-corrected chi connectivity index (χ0v) is 26.7. The quantitative estimate of drug-likeness (QED) is 0.156. The van der Waals surface area contributed by atoms with Gasteiger partial charge in [0.1, 0.15) is 25.3 Å². The van der Waals surface area contributed by atoms with Crippen molar-refractivity contribution in [1.29, 1.82) is 0 Å². The number of imidazole rings is 1. The number of hydrogen-bond donors (Lipinski definition) is 0. The first kappa shape index (κ1) is 29.6. The van der Waals surface area contributed by atoms with Crippen LogP contribution in [0.5, 0.6) is 17.2 Å². The molecular weight excluding hydrogens is 536 g/mol. The van der Waals surface area contributed by atoms with E-state index in [1.54, 1.807) is 21.3 Å². The van der Waals surface area contributed by atoms with E-state index in [-0.39, 0.29) is 0 Å². The van der Waals surface area contributed by atoms with Crippen LogP contribution in [0.25, 0.3) is 27.8 Å². The van der Waals surface area contributed by atoms with Crippen LogP contribution in [-0.4, -0.2) is 39.0 Å². The van der Waals surface area contributed by atoms with Crippen LogP contribution >= 0.6 is 11.6 Å². The van der Waals surface area contributed by atoms with Crippen LogP contribution in [0.15, 0.2) is 54.6 Å². The molecule has 1 aromatic heterocycles. The Morgan fingerprint density at radius 2 is 1.38 bits per heavy atom. The summed E-state index contributed by atoms with van der Waals surface area (Å²) in [5, 5.41) is 0.538. The molecule has 0 aliphatic rings. The van der Waals surface area contributed by atoms with Crippen LogP contribution in [0.4, 0.5) is 0 Å². The molecular formula is C33H39ClN2O3Si. The highest BCUT2D eigenvalue weighted by atomic mass is 35.5. The average Bonchev–Trinajstić information content (AvgIpc) is 3.29. The fourth-order valence-corrected chi connectivity index (χ4v) is 11.4. The highest BCUT2D eigenvalue weighted by molar-refractivity contribution is 6.90. The molecule has 0 spiro atoms. The predicted octanol–water partition coefficient (Wildman–Crippen LogP) is 8.94. The third-order valence-electron chi connectivity index (χ3n) is 7.99. The predicted molar refractivity (Wildman–Crippen MR) is 169 cm³/mol. The van der Waals surface area contributed by atoms with Crippen molar-refractivity contribution in [2.75, 3.05) is 21.3 Å². The van der Waals surface area contributed by atoms with E-state index >= 15 is 0 Å². The fraction of sp³-hybridized carbons (Fsp3) is 0.364. The molecule has 0 saturated heterocycles. The lowest BCUT2D eigenvalue weighted by molar-refractivity contribution is 0.394. The molecule has 40 heavy (non-hydrogen) atoms. The van der Waals surface area contributed by atoms with Crippen LogP contribution in [0, 0.1) is 11.5 Å². The molecule has 4 rings (SSSR count). The molecule has 7 heteroatoms. The first-order chi connectivity index (χ1) is 19.0. The number of halogens is 1. The van der Waals surface area contributed by atoms with Gasteiger partial charge in [0.2, 0.25) is 0 Å². The van der Waals surface area contributed by atoms with E-state index in [1.807, 2.05) is 36.4 Å². The van der Waals surface area contributed by atoms with Gasteiger partial charge >= 0.3 is 0 Å². The van der Waals surface area contributed by atoms with Crippen molar-refractivity contribution >= 4 is 30.7 Å². The van der Waals surface area contributed by atoms with Crippen molar-refractivity contribution in [2.45, 2.75) is 58.2 Å². The number of fused-ring (bicyclic) bond motifs is 1. The summed E-state index contributed by atoms with van der Waals surface area (Å²) in [4.78, 5) is 5.09. The van der Waals surface area contributed by atoms with E-state index < -0.39 is 8.07 Å². The molecule has 0 fully saturated rings. The molecule has 210 valence electrons. The van der Waals surface area contributed by atoms with E-state index in [4.69, 9.17) is 30.8 Å². The molecule has 0 amide bonds. The first-order valence-electron chi connectivity index (χ1n) is 13.7.